The van der Waals surface area contributed by atoms with Gasteiger partial charge in [-0.3, -0.25) is 0 Å². The van der Waals surface area contributed by atoms with Gasteiger partial charge in [0.1, 0.15) is 10.6 Å². The molecule has 0 spiro atoms. The summed E-state index contributed by atoms with van der Waals surface area (Å²) in [5.41, 5.74) is -0.0239. The fraction of sp³-hybridized carbons (Fsp3) is 0.615. The molecule has 1 heterocycles. The predicted octanol–water partition coefficient (Wildman–Crippen LogP) is 2.09. The quantitative estimate of drug-likeness (QED) is 0.807. The van der Waals surface area contributed by atoms with Crippen molar-refractivity contribution in [3.05, 3.63) is 18.0 Å². The van der Waals surface area contributed by atoms with Crippen LogP contribution in [0.25, 0.3) is 0 Å². The van der Waals surface area contributed by atoms with Crippen LogP contribution >= 0.6 is 0 Å². The second-order valence-corrected chi connectivity index (χ2v) is 7.21. The van der Waals surface area contributed by atoms with Crippen molar-refractivity contribution >= 4 is 16.0 Å². The summed E-state index contributed by atoms with van der Waals surface area (Å²) in [6, 6.07) is 1.07. The highest BCUT2D eigenvalue weighted by atomic mass is 32.2. The van der Waals surface area contributed by atoms with Crippen LogP contribution in [-0.4, -0.2) is 30.6 Å². The highest BCUT2D eigenvalue weighted by molar-refractivity contribution is 7.89. The van der Waals surface area contributed by atoms with Gasteiger partial charge < -0.3 is 9.67 Å². The summed E-state index contributed by atoms with van der Waals surface area (Å²) in [6.07, 6.45) is 2.10. The van der Waals surface area contributed by atoms with Gasteiger partial charge in [0.2, 0.25) is 10.0 Å². The van der Waals surface area contributed by atoms with Crippen LogP contribution < -0.4 is 4.72 Å². The molecule has 0 saturated carbocycles. The molecule has 0 aromatic carbocycles. The molecule has 114 valence electrons. The van der Waals surface area contributed by atoms with Crippen LogP contribution in [0.2, 0.25) is 0 Å². The number of aromatic carboxylic acids is 1. The fourth-order valence-electron chi connectivity index (χ4n) is 1.76. The van der Waals surface area contributed by atoms with Gasteiger partial charge in [0.05, 0.1) is 0 Å². The summed E-state index contributed by atoms with van der Waals surface area (Å²) in [5, 5.41) is 9.11. The number of hydrogen-bond acceptors (Lipinski definition) is 3. The Morgan fingerprint density at radius 3 is 2.35 bits per heavy atom. The number of carboxylic acids is 1. The predicted molar refractivity (Wildman–Crippen MR) is 76.4 cm³/mol. The minimum Gasteiger partial charge on any atom is -0.477 e. The van der Waals surface area contributed by atoms with E-state index in [2.05, 4.69) is 4.72 Å². The molecule has 6 nitrogen and oxygen atoms in total. The minimum atomic E-state index is -3.66. The average molecular weight is 302 g/mol. The third-order valence-electron chi connectivity index (χ3n) is 2.92. The number of carboxylic acid groups (broad SMARTS) is 1. The Balaban J connectivity index is 3.01. The van der Waals surface area contributed by atoms with Crippen LogP contribution in [0.5, 0.6) is 0 Å². The van der Waals surface area contributed by atoms with E-state index >= 15 is 0 Å². The van der Waals surface area contributed by atoms with Crippen LogP contribution in [0.3, 0.4) is 0 Å². The Hall–Kier alpha value is -1.34. The maximum absolute atomic E-state index is 12.1. The lowest BCUT2D eigenvalue weighted by molar-refractivity contribution is 0.0683. The Morgan fingerprint density at radius 2 is 1.95 bits per heavy atom. The Bertz CT molecular complexity index is 573. The zero-order chi connectivity index (χ0) is 15.5. The summed E-state index contributed by atoms with van der Waals surface area (Å²) < 4.78 is 28.1. The summed E-state index contributed by atoms with van der Waals surface area (Å²) in [7, 11) is -3.66. The highest BCUT2D eigenvalue weighted by Crippen LogP contribution is 2.19. The van der Waals surface area contributed by atoms with Gasteiger partial charge in [-0.1, -0.05) is 13.8 Å². The topological polar surface area (TPSA) is 88.4 Å². The summed E-state index contributed by atoms with van der Waals surface area (Å²) in [4.78, 5) is 11.1. The molecule has 7 heteroatoms. The van der Waals surface area contributed by atoms with E-state index in [4.69, 9.17) is 5.11 Å². The van der Waals surface area contributed by atoms with Crippen molar-refractivity contribution < 1.29 is 18.3 Å². The number of carbonyl (C=O) groups is 1. The first-order chi connectivity index (χ1) is 9.15. The van der Waals surface area contributed by atoms with E-state index < -0.39 is 16.0 Å². The lowest BCUT2D eigenvalue weighted by atomic mass is 10.1. The third kappa shape index (κ3) is 4.08. The molecule has 0 aliphatic heterocycles. The number of sulfonamides is 1. The Kier molecular flexibility index (Phi) is 5.35. The fourth-order valence-corrected chi connectivity index (χ4v) is 2.84. The standard InChI is InChI=1S/C13H22N2O4S/c1-9(2)5-6-14-20(18,19)11-7-12(13(16)17)15(8-11)10(3)4/h7-10,14H,5-6H2,1-4H3,(H,16,17). The monoisotopic (exact) mass is 302 g/mol. The molecule has 1 rings (SSSR count). The second-order valence-electron chi connectivity index (χ2n) is 5.45. The SMILES string of the molecule is CC(C)CCNS(=O)(=O)c1cc(C(=O)O)n(C(C)C)c1. The molecule has 0 unspecified atom stereocenters. The van der Waals surface area contributed by atoms with E-state index in [0.717, 1.165) is 6.42 Å². The van der Waals surface area contributed by atoms with Crippen molar-refractivity contribution in [1.82, 2.24) is 9.29 Å². The smallest absolute Gasteiger partial charge is 0.352 e. The van der Waals surface area contributed by atoms with Crippen LogP contribution in [0.15, 0.2) is 17.2 Å². The summed E-state index contributed by atoms with van der Waals surface area (Å²) in [5.74, 6) is -0.741. The van der Waals surface area contributed by atoms with E-state index in [1.807, 2.05) is 13.8 Å². The zero-order valence-electron chi connectivity index (χ0n) is 12.3. The van der Waals surface area contributed by atoms with Crippen LogP contribution in [0.1, 0.15) is 50.6 Å². The molecule has 0 aliphatic rings. The van der Waals surface area contributed by atoms with Crippen molar-refractivity contribution in [1.29, 1.82) is 0 Å². The van der Waals surface area contributed by atoms with E-state index in [1.54, 1.807) is 13.8 Å². The van der Waals surface area contributed by atoms with Crippen LogP contribution in [0, 0.1) is 5.92 Å². The average Bonchev–Trinajstić information content (AvgIpc) is 2.73. The molecule has 1 aromatic rings. The maximum Gasteiger partial charge on any atom is 0.352 e. The van der Waals surface area contributed by atoms with Crippen molar-refractivity contribution in [2.24, 2.45) is 5.92 Å². The number of rotatable bonds is 7. The lowest BCUT2D eigenvalue weighted by Gasteiger charge is -2.09. The maximum atomic E-state index is 12.1. The molecule has 0 fully saturated rings. The molecule has 0 amide bonds. The number of hydrogen-bond donors (Lipinski definition) is 2. The summed E-state index contributed by atoms with van der Waals surface area (Å²) >= 11 is 0. The van der Waals surface area contributed by atoms with Crippen molar-refractivity contribution in [2.75, 3.05) is 6.54 Å². The molecule has 0 bridgehead atoms. The first kappa shape index (κ1) is 16.7. The molecule has 1 aromatic heterocycles. The van der Waals surface area contributed by atoms with Crippen molar-refractivity contribution in [3.63, 3.8) is 0 Å². The molecule has 0 radical (unpaired) electrons. The van der Waals surface area contributed by atoms with Gasteiger partial charge in [0.15, 0.2) is 0 Å². The van der Waals surface area contributed by atoms with E-state index in [-0.39, 0.29) is 16.6 Å². The van der Waals surface area contributed by atoms with E-state index in [0.29, 0.717) is 12.5 Å². The van der Waals surface area contributed by atoms with Gasteiger partial charge in [-0.15, -0.1) is 0 Å². The summed E-state index contributed by atoms with van der Waals surface area (Å²) in [6.45, 7) is 7.96. The zero-order valence-corrected chi connectivity index (χ0v) is 13.1. The number of nitrogens with one attached hydrogen (secondary N) is 1. The molecule has 20 heavy (non-hydrogen) atoms. The second kappa shape index (κ2) is 6.41. The third-order valence-corrected chi connectivity index (χ3v) is 4.35. The van der Waals surface area contributed by atoms with Crippen molar-refractivity contribution in [3.8, 4) is 0 Å². The van der Waals surface area contributed by atoms with Gasteiger partial charge in [-0.25, -0.2) is 17.9 Å². The largest absolute Gasteiger partial charge is 0.477 e. The molecule has 0 saturated heterocycles. The van der Waals surface area contributed by atoms with Gasteiger partial charge >= 0.3 is 5.97 Å². The highest BCUT2D eigenvalue weighted by Gasteiger charge is 2.22. The molecular weight excluding hydrogens is 280 g/mol. The van der Waals surface area contributed by atoms with Gasteiger partial charge in [-0.05, 0) is 32.3 Å². The first-order valence-electron chi connectivity index (χ1n) is 6.60. The first-order valence-corrected chi connectivity index (χ1v) is 8.08. The molecule has 2 N–H and O–H groups in total. The van der Waals surface area contributed by atoms with Crippen molar-refractivity contribution in [2.45, 2.75) is 45.1 Å². The van der Waals surface area contributed by atoms with Gasteiger partial charge in [0, 0.05) is 18.8 Å². The van der Waals surface area contributed by atoms with Gasteiger partial charge in [0.25, 0.3) is 0 Å². The van der Waals surface area contributed by atoms with Crippen LogP contribution in [-0.2, 0) is 10.0 Å². The molecule has 0 atom stereocenters. The normalized spacial score (nSPS) is 12.3. The molecular formula is C13H22N2O4S. The Labute approximate surface area is 119 Å². The van der Waals surface area contributed by atoms with E-state index in [1.165, 1.54) is 16.8 Å². The number of nitrogens with zero attached hydrogens (tertiary/aromatic N) is 1. The Morgan fingerprint density at radius 1 is 1.35 bits per heavy atom. The van der Waals surface area contributed by atoms with E-state index in [9.17, 15) is 13.2 Å². The number of aromatic nitrogens is 1. The van der Waals surface area contributed by atoms with Crippen LogP contribution in [0.4, 0.5) is 0 Å². The minimum absolute atomic E-state index is 0.00708. The lowest BCUT2D eigenvalue weighted by Crippen LogP contribution is -2.25. The van der Waals surface area contributed by atoms with Gasteiger partial charge in [-0.2, -0.15) is 0 Å². The molecule has 0 aliphatic carbocycles.